The first kappa shape index (κ1) is 23.8. The number of halogens is 2. The van der Waals surface area contributed by atoms with Gasteiger partial charge >= 0.3 is 5.69 Å². The summed E-state index contributed by atoms with van der Waals surface area (Å²) in [7, 11) is 0. The molecule has 0 spiro atoms. The molecule has 3 heterocycles. The minimum atomic E-state index is -0.730. The van der Waals surface area contributed by atoms with Crippen molar-refractivity contribution in [3.63, 3.8) is 0 Å². The van der Waals surface area contributed by atoms with Crippen LogP contribution in [0.1, 0.15) is 28.0 Å². The maximum Gasteiger partial charge on any atom is 0.350 e. The van der Waals surface area contributed by atoms with Gasteiger partial charge in [0.2, 0.25) is 5.06 Å². The molecule has 1 fully saturated rings. The van der Waals surface area contributed by atoms with Crippen molar-refractivity contribution in [2.24, 2.45) is 5.73 Å². The van der Waals surface area contributed by atoms with E-state index in [9.17, 15) is 18.4 Å². The molecular weight excluding hydrogens is 490 g/mol. The average molecular weight is 513 g/mol. The van der Waals surface area contributed by atoms with Crippen molar-refractivity contribution in [2.75, 3.05) is 6.54 Å². The van der Waals surface area contributed by atoms with Gasteiger partial charge in [-0.25, -0.2) is 18.6 Å². The van der Waals surface area contributed by atoms with Crippen molar-refractivity contribution in [3.05, 3.63) is 87.2 Å². The lowest BCUT2D eigenvalue weighted by molar-refractivity contribution is 0.0419. The highest BCUT2D eigenvalue weighted by Crippen LogP contribution is 2.34. The number of thiazole rings is 1. The molecule has 2 atom stereocenters. The summed E-state index contributed by atoms with van der Waals surface area (Å²) >= 11 is 1.03. The van der Waals surface area contributed by atoms with Crippen LogP contribution in [0.4, 0.5) is 8.78 Å². The number of benzene rings is 2. The molecule has 1 amide bonds. The minimum absolute atomic E-state index is 0.0109. The lowest BCUT2D eigenvalue weighted by atomic mass is 9.99. The van der Waals surface area contributed by atoms with Crippen LogP contribution in [0.25, 0.3) is 5.69 Å². The number of aromatic nitrogens is 4. The van der Waals surface area contributed by atoms with Crippen LogP contribution in [-0.2, 0) is 6.54 Å². The predicted octanol–water partition coefficient (Wildman–Crippen LogP) is 3.09. The maximum absolute atomic E-state index is 14.9. The first-order valence-corrected chi connectivity index (χ1v) is 11.9. The van der Waals surface area contributed by atoms with Crippen molar-refractivity contribution in [1.29, 1.82) is 0 Å². The van der Waals surface area contributed by atoms with E-state index in [2.05, 4.69) is 10.1 Å². The van der Waals surface area contributed by atoms with Crippen LogP contribution in [0.3, 0.4) is 0 Å². The monoisotopic (exact) mass is 512 g/mol. The summed E-state index contributed by atoms with van der Waals surface area (Å²) in [6.45, 7) is 3.99. The highest BCUT2D eigenvalue weighted by Gasteiger charge is 2.38. The van der Waals surface area contributed by atoms with Crippen LogP contribution in [0.5, 0.6) is 10.8 Å². The van der Waals surface area contributed by atoms with E-state index in [1.807, 2.05) is 6.92 Å². The van der Waals surface area contributed by atoms with E-state index >= 15 is 0 Å². The van der Waals surface area contributed by atoms with Gasteiger partial charge in [-0.1, -0.05) is 29.5 Å². The van der Waals surface area contributed by atoms with Gasteiger partial charge in [0.25, 0.3) is 5.91 Å². The Morgan fingerprint density at radius 3 is 2.69 bits per heavy atom. The molecule has 9 nitrogen and oxygen atoms in total. The third-order valence-corrected chi connectivity index (χ3v) is 7.13. The molecule has 0 saturated carbocycles. The molecule has 1 aliphatic rings. The van der Waals surface area contributed by atoms with Gasteiger partial charge < -0.3 is 15.4 Å². The van der Waals surface area contributed by atoms with Crippen LogP contribution in [0.2, 0.25) is 0 Å². The number of rotatable bonds is 6. The van der Waals surface area contributed by atoms with Gasteiger partial charge in [0.15, 0.2) is 16.6 Å². The van der Waals surface area contributed by atoms with Gasteiger partial charge in [0.05, 0.1) is 17.9 Å². The van der Waals surface area contributed by atoms with Crippen molar-refractivity contribution in [3.8, 4) is 16.5 Å². The van der Waals surface area contributed by atoms with E-state index in [1.54, 1.807) is 30.0 Å². The zero-order valence-corrected chi connectivity index (χ0v) is 20.2. The summed E-state index contributed by atoms with van der Waals surface area (Å²) in [5, 5.41) is 4.55. The van der Waals surface area contributed by atoms with E-state index in [-0.39, 0.29) is 46.0 Å². The molecule has 36 heavy (non-hydrogen) atoms. The molecule has 0 unspecified atom stereocenters. The smallest absolute Gasteiger partial charge is 0.350 e. The Morgan fingerprint density at radius 2 is 2.00 bits per heavy atom. The quantitative estimate of drug-likeness (QED) is 0.425. The summed E-state index contributed by atoms with van der Waals surface area (Å²) in [5.74, 6) is -1.50. The van der Waals surface area contributed by atoms with Crippen LogP contribution < -0.4 is 16.2 Å². The molecule has 1 aliphatic heterocycles. The van der Waals surface area contributed by atoms with Crippen molar-refractivity contribution < 1.29 is 18.3 Å². The van der Waals surface area contributed by atoms with Crippen LogP contribution in [0.15, 0.2) is 53.6 Å². The summed E-state index contributed by atoms with van der Waals surface area (Å²) in [6.07, 6.45) is 1.27. The number of amides is 1. The van der Waals surface area contributed by atoms with Crippen molar-refractivity contribution >= 4 is 17.2 Å². The first-order valence-electron chi connectivity index (χ1n) is 11.1. The molecule has 2 N–H and O–H groups in total. The highest BCUT2D eigenvalue weighted by molar-refractivity contribution is 7.15. The lowest BCUT2D eigenvalue weighted by Crippen LogP contribution is -2.64. The summed E-state index contributed by atoms with van der Waals surface area (Å²) in [4.78, 5) is 31.3. The second-order valence-electron chi connectivity index (χ2n) is 8.52. The molecular formula is C24H22F2N6O3S. The maximum atomic E-state index is 14.9. The third-order valence-electron chi connectivity index (χ3n) is 6.11. The number of carbonyl (C=O) groups is 1. The van der Waals surface area contributed by atoms with E-state index in [4.69, 9.17) is 10.5 Å². The van der Waals surface area contributed by atoms with Crippen LogP contribution in [-0.4, -0.2) is 48.8 Å². The van der Waals surface area contributed by atoms with Gasteiger partial charge in [-0.3, -0.25) is 9.36 Å². The van der Waals surface area contributed by atoms with E-state index in [0.29, 0.717) is 17.8 Å². The van der Waals surface area contributed by atoms with Gasteiger partial charge in [-0.05, 0) is 32.0 Å². The van der Waals surface area contributed by atoms with Gasteiger partial charge in [-0.2, -0.15) is 9.78 Å². The Labute approximate surface area is 208 Å². The summed E-state index contributed by atoms with van der Waals surface area (Å²) < 4.78 is 36.8. The molecule has 1 saturated heterocycles. The van der Waals surface area contributed by atoms with E-state index in [1.165, 1.54) is 29.1 Å². The van der Waals surface area contributed by atoms with Crippen LogP contribution in [0, 0.1) is 18.6 Å². The molecule has 0 bridgehead atoms. The fourth-order valence-electron chi connectivity index (χ4n) is 3.83. The number of carbonyl (C=O) groups excluding carboxylic acids is 1. The highest BCUT2D eigenvalue weighted by atomic mass is 32.1. The summed E-state index contributed by atoms with van der Waals surface area (Å²) in [6, 6.07) is 9.94. The van der Waals surface area contributed by atoms with Gasteiger partial charge in [0, 0.05) is 30.3 Å². The molecule has 2 aromatic heterocycles. The zero-order chi connectivity index (χ0) is 25.6. The zero-order valence-electron chi connectivity index (χ0n) is 19.4. The van der Waals surface area contributed by atoms with Crippen molar-refractivity contribution in [1.82, 2.24) is 24.2 Å². The molecule has 2 aromatic carbocycles. The number of likely N-dealkylation sites (tertiary alicyclic amines) is 1. The van der Waals surface area contributed by atoms with Gasteiger partial charge in [0.1, 0.15) is 12.1 Å². The fraction of sp³-hybridized carbons (Fsp3) is 0.250. The van der Waals surface area contributed by atoms with E-state index in [0.717, 1.165) is 22.1 Å². The number of hydrogen-bond acceptors (Lipinski definition) is 7. The summed E-state index contributed by atoms with van der Waals surface area (Å²) in [5.41, 5.74) is 6.28. The lowest BCUT2D eigenvalue weighted by Gasteiger charge is -2.43. The number of ether oxygens (including phenoxy) is 1. The molecule has 0 aliphatic carbocycles. The molecule has 186 valence electrons. The van der Waals surface area contributed by atoms with E-state index < -0.39 is 17.3 Å². The molecule has 12 heteroatoms. The third kappa shape index (κ3) is 4.29. The number of aryl methyl sites for hydroxylation is 1. The SMILES string of the molecule is Cc1nc(C(=O)N2C[C@H](N)[C@@H]2C)sc1Oc1ccc(-n2ncn(Cc3ccccc3F)c2=O)cc1F. The predicted molar refractivity (Wildman–Crippen MR) is 129 cm³/mol. The average Bonchev–Trinajstić information content (AvgIpc) is 3.41. The van der Waals surface area contributed by atoms with Crippen LogP contribution >= 0.6 is 11.3 Å². The molecule has 4 aromatic rings. The fourth-order valence-corrected chi connectivity index (χ4v) is 4.72. The number of nitrogens with zero attached hydrogens (tertiary/aromatic N) is 5. The molecule has 0 radical (unpaired) electrons. The second-order valence-corrected chi connectivity index (χ2v) is 9.48. The molecule has 5 rings (SSSR count). The number of nitrogens with two attached hydrogens (primary N) is 1. The topological polar surface area (TPSA) is 108 Å². The Hall–Kier alpha value is -3.90. The minimum Gasteiger partial charge on any atom is -0.442 e. The Balaban J connectivity index is 1.34. The Morgan fingerprint density at radius 1 is 1.22 bits per heavy atom. The largest absolute Gasteiger partial charge is 0.442 e. The first-order chi connectivity index (χ1) is 17.2. The Bertz CT molecular complexity index is 1510. The Kier molecular flexibility index (Phi) is 6.14. The van der Waals surface area contributed by atoms with Gasteiger partial charge in [-0.15, -0.1) is 0 Å². The normalized spacial score (nSPS) is 17.2. The number of hydrogen-bond donors (Lipinski definition) is 1. The van der Waals surface area contributed by atoms with Crippen molar-refractivity contribution in [2.45, 2.75) is 32.5 Å². The standard InChI is InChI=1S/C24H22F2N6O3S/c1-13-23(36-21(29-13)22(33)31-11-19(27)14(31)2)35-20-8-7-16(9-18(20)26)32-24(34)30(12-28-32)10-15-5-3-4-6-17(15)25/h3-9,12,14,19H,10-11,27H2,1-2H3/t14-,19-/m0/s1. The second kappa shape index (κ2) is 9.28.